The lowest BCUT2D eigenvalue weighted by atomic mass is 10.4. The fourth-order valence-electron chi connectivity index (χ4n) is 0.272. The second-order valence-corrected chi connectivity index (χ2v) is 1.69. The minimum atomic E-state index is -0.475. The van der Waals surface area contributed by atoms with Crippen molar-refractivity contribution < 1.29 is 9.53 Å². The second-order valence-electron chi connectivity index (χ2n) is 1.29. The summed E-state index contributed by atoms with van der Waals surface area (Å²) >= 11 is 4.29. The fourth-order valence-corrected chi connectivity index (χ4v) is 0.365. The molecule has 0 spiro atoms. The number of hydrogen-bond acceptors (Lipinski definition) is 3. The quantitative estimate of drug-likeness (QED) is 0.346. The van der Waals surface area contributed by atoms with Crippen molar-refractivity contribution >= 4 is 23.4 Å². The maximum absolute atomic E-state index is 10.4. The Morgan fingerprint density at radius 2 is 2.44 bits per heavy atom. The molecule has 0 aromatic rings. The van der Waals surface area contributed by atoms with Gasteiger partial charge in [-0.15, -0.1) is 6.58 Å². The highest BCUT2D eigenvalue weighted by molar-refractivity contribution is 7.80. The summed E-state index contributed by atoms with van der Waals surface area (Å²) in [4.78, 5) is 10.4. The Hall–Kier alpha value is -0.900. The highest BCUT2D eigenvalue weighted by atomic mass is 32.1. The van der Waals surface area contributed by atoms with Crippen LogP contribution in [0.1, 0.15) is 6.42 Å². The summed E-state index contributed by atoms with van der Waals surface area (Å²) in [5.74, 6) is -0.475. The van der Waals surface area contributed by atoms with Crippen molar-refractivity contribution in [1.29, 1.82) is 0 Å². The zero-order valence-electron chi connectivity index (χ0n) is 4.79. The fraction of sp³-hybridized carbons (Fsp3) is 0.200. The zero-order chi connectivity index (χ0) is 7.28. The lowest BCUT2D eigenvalue weighted by Gasteiger charge is -1.95. The van der Waals surface area contributed by atoms with E-state index in [1.807, 2.05) is 0 Å². The summed E-state index contributed by atoms with van der Waals surface area (Å²) < 4.78 is 4.29. The van der Waals surface area contributed by atoms with Crippen molar-refractivity contribution in [3.63, 3.8) is 0 Å². The third-order valence-electron chi connectivity index (χ3n) is 0.525. The van der Waals surface area contributed by atoms with E-state index >= 15 is 0 Å². The van der Waals surface area contributed by atoms with Crippen molar-refractivity contribution in [3.8, 4) is 0 Å². The average molecular weight is 145 g/mol. The molecule has 0 saturated heterocycles. The highest BCUT2D eigenvalue weighted by Gasteiger charge is 1.98. The van der Waals surface area contributed by atoms with Gasteiger partial charge in [0.05, 0.1) is 6.42 Å². The Morgan fingerprint density at radius 3 is 2.78 bits per heavy atom. The van der Waals surface area contributed by atoms with Crippen molar-refractivity contribution in [3.05, 3.63) is 12.7 Å². The Balaban J connectivity index is 3.50. The van der Waals surface area contributed by atoms with Gasteiger partial charge in [0.1, 0.15) is 0 Å². The van der Waals surface area contributed by atoms with E-state index in [9.17, 15) is 4.79 Å². The summed E-state index contributed by atoms with van der Waals surface area (Å²) in [7, 11) is 0. The van der Waals surface area contributed by atoms with Crippen molar-refractivity contribution in [1.82, 2.24) is 0 Å². The van der Waals surface area contributed by atoms with Gasteiger partial charge < -0.3 is 10.5 Å². The minimum Gasteiger partial charge on any atom is -0.399 e. The van der Waals surface area contributed by atoms with Crippen molar-refractivity contribution in [2.24, 2.45) is 5.73 Å². The number of carbonyl (C=O) groups is 1. The molecular weight excluding hydrogens is 138 g/mol. The molecule has 0 amide bonds. The molecule has 0 aliphatic carbocycles. The molecule has 9 heavy (non-hydrogen) atoms. The molecule has 3 nitrogen and oxygen atoms in total. The number of hydrogen-bond donors (Lipinski definition) is 1. The van der Waals surface area contributed by atoms with Crippen LogP contribution >= 0.6 is 12.2 Å². The highest BCUT2D eigenvalue weighted by Crippen LogP contribution is 1.85. The minimum absolute atomic E-state index is 0.136. The van der Waals surface area contributed by atoms with E-state index in [2.05, 4.69) is 23.5 Å². The van der Waals surface area contributed by atoms with Crippen LogP contribution in [0.2, 0.25) is 0 Å². The van der Waals surface area contributed by atoms with Crippen LogP contribution in [-0.4, -0.2) is 11.1 Å². The Morgan fingerprint density at radius 1 is 1.89 bits per heavy atom. The molecule has 0 heterocycles. The van der Waals surface area contributed by atoms with Crippen LogP contribution in [0.3, 0.4) is 0 Å². The van der Waals surface area contributed by atoms with Gasteiger partial charge >= 0.3 is 5.97 Å². The van der Waals surface area contributed by atoms with Crippen molar-refractivity contribution in [2.75, 3.05) is 0 Å². The first-order chi connectivity index (χ1) is 4.16. The molecule has 2 N–H and O–H groups in total. The predicted molar refractivity (Wildman–Crippen MR) is 37.7 cm³/mol. The van der Waals surface area contributed by atoms with E-state index < -0.39 is 5.97 Å². The van der Waals surface area contributed by atoms with Crippen LogP contribution < -0.4 is 5.73 Å². The van der Waals surface area contributed by atoms with Gasteiger partial charge in [-0.1, -0.05) is 6.08 Å². The molecule has 4 heteroatoms. The van der Waals surface area contributed by atoms with Crippen LogP contribution in [-0.2, 0) is 9.53 Å². The third kappa shape index (κ3) is 4.96. The molecule has 0 radical (unpaired) electrons. The van der Waals surface area contributed by atoms with Crippen molar-refractivity contribution in [2.45, 2.75) is 6.42 Å². The van der Waals surface area contributed by atoms with E-state index in [1.54, 1.807) is 0 Å². The molecule has 0 aliphatic rings. The largest absolute Gasteiger partial charge is 0.399 e. The summed E-state index contributed by atoms with van der Waals surface area (Å²) in [5.41, 5.74) is 4.88. The van der Waals surface area contributed by atoms with Gasteiger partial charge in [-0.05, 0) is 12.2 Å². The molecule has 0 aromatic heterocycles. The van der Waals surface area contributed by atoms with Gasteiger partial charge in [-0.25, -0.2) is 0 Å². The topological polar surface area (TPSA) is 52.3 Å². The Kier molecular flexibility index (Phi) is 3.62. The summed E-state index contributed by atoms with van der Waals surface area (Å²) in [5, 5.41) is -0.248. The summed E-state index contributed by atoms with van der Waals surface area (Å²) in [6.45, 7) is 3.32. The molecule has 0 rings (SSSR count). The summed E-state index contributed by atoms with van der Waals surface area (Å²) in [6.07, 6.45) is 1.55. The molecule has 50 valence electrons. The normalized spacial score (nSPS) is 8.00. The molecule has 0 unspecified atom stereocenters. The van der Waals surface area contributed by atoms with Crippen LogP contribution in [0, 0.1) is 0 Å². The Bertz CT molecular complexity index is 144. The standard InChI is InChI=1S/C5H7NO2S/c1-2-3-4(7)8-5(6)9/h2H,1,3H2,(H2,6,9). The second kappa shape index (κ2) is 4.03. The number of ether oxygens (including phenoxy) is 1. The van der Waals surface area contributed by atoms with Gasteiger partial charge in [0, 0.05) is 0 Å². The van der Waals surface area contributed by atoms with Crippen LogP contribution in [0.15, 0.2) is 12.7 Å². The zero-order valence-corrected chi connectivity index (χ0v) is 5.61. The first-order valence-electron chi connectivity index (χ1n) is 2.28. The SMILES string of the molecule is C=CCC(=O)OC(N)=S. The monoisotopic (exact) mass is 145 g/mol. The third-order valence-corrected chi connectivity index (χ3v) is 0.609. The molecule has 0 aliphatic heterocycles. The van der Waals surface area contributed by atoms with Gasteiger partial charge in [0.15, 0.2) is 0 Å². The predicted octanol–water partition coefficient (Wildman–Crippen LogP) is 0.349. The van der Waals surface area contributed by atoms with Crippen LogP contribution in [0.5, 0.6) is 0 Å². The molecule has 0 aromatic carbocycles. The van der Waals surface area contributed by atoms with E-state index in [0.717, 1.165) is 0 Å². The number of esters is 1. The Labute approximate surface area is 58.5 Å². The lowest BCUT2D eigenvalue weighted by molar-refractivity contribution is -0.134. The van der Waals surface area contributed by atoms with E-state index in [4.69, 9.17) is 5.73 Å². The van der Waals surface area contributed by atoms with E-state index in [1.165, 1.54) is 6.08 Å². The smallest absolute Gasteiger partial charge is 0.316 e. The molecule has 0 bridgehead atoms. The maximum atomic E-state index is 10.4. The lowest BCUT2D eigenvalue weighted by Crippen LogP contribution is -2.17. The van der Waals surface area contributed by atoms with Gasteiger partial charge in [-0.3, -0.25) is 4.79 Å². The van der Waals surface area contributed by atoms with Gasteiger partial charge in [-0.2, -0.15) is 0 Å². The molecular formula is C5H7NO2S. The first kappa shape index (κ1) is 8.10. The number of carbonyl (C=O) groups excluding carboxylic acids is 1. The number of rotatable bonds is 2. The molecule has 0 fully saturated rings. The van der Waals surface area contributed by atoms with Gasteiger partial charge in [0.2, 0.25) is 0 Å². The number of thiocarbonyl (C=S) groups is 1. The number of nitrogens with two attached hydrogens (primary N) is 1. The van der Waals surface area contributed by atoms with Gasteiger partial charge in [0.25, 0.3) is 5.17 Å². The van der Waals surface area contributed by atoms with Crippen LogP contribution in [0.25, 0.3) is 0 Å². The van der Waals surface area contributed by atoms with E-state index in [0.29, 0.717) is 0 Å². The average Bonchev–Trinajstić information content (AvgIpc) is 1.63. The maximum Gasteiger partial charge on any atom is 0.316 e. The first-order valence-corrected chi connectivity index (χ1v) is 2.68. The molecule has 0 atom stereocenters. The van der Waals surface area contributed by atoms with E-state index in [-0.39, 0.29) is 11.6 Å². The van der Waals surface area contributed by atoms with Crippen LogP contribution in [0.4, 0.5) is 0 Å². The summed E-state index contributed by atoms with van der Waals surface area (Å²) in [6, 6.07) is 0. The molecule has 0 saturated carbocycles.